The Morgan fingerprint density at radius 1 is 0.963 bits per heavy atom. The molecule has 0 fully saturated rings. The molecule has 0 aliphatic carbocycles. The lowest BCUT2D eigenvalue weighted by Gasteiger charge is -2.07. The third-order valence-electron chi connectivity index (χ3n) is 4.17. The summed E-state index contributed by atoms with van der Waals surface area (Å²) < 4.78 is 5.74. The second-order valence-electron chi connectivity index (χ2n) is 6.14. The summed E-state index contributed by atoms with van der Waals surface area (Å²) in [5, 5.41) is 6.35. The molecular formula is C20H21N3O4. The summed E-state index contributed by atoms with van der Waals surface area (Å²) in [4.78, 5) is 36.2. The Balaban J connectivity index is 1.67. The normalized spacial score (nSPS) is 10.9. The van der Waals surface area contributed by atoms with Crippen LogP contribution in [0.4, 0.5) is 0 Å². The van der Waals surface area contributed by atoms with Gasteiger partial charge < -0.3 is 20.8 Å². The first-order valence-corrected chi connectivity index (χ1v) is 8.80. The molecule has 0 spiro atoms. The highest BCUT2D eigenvalue weighted by atomic mass is 16.3. The fourth-order valence-electron chi connectivity index (χ4n) is 2.78. The van der Waals surface area contributed by atoms with Gasteiger partial charge in [0.15, 0.2) is 0 Å². The number of nitrogens with two attached hydrogens (primary N) is 1. The van der Waals surface area contributed by atoms with Crippen LogP contribution in [0.15, 0.2) is 51.7 Å². The number of amides is 2. The molecule has 2 amide bonds. The SMILES string of the molecule is NCCC(=O)NCCCNC(=O)c1ccc2oc3ccccc3c(=O)c2c1. The van der Waals surface area contributed by atoms with Gasteiger partial charge in [0, 0.05) is 31.6 Å². The minimum atomic E-state index is -0.280. The molecule has 0 bridgehead atoms. The maximum atomic E-state index is 12.6. The molecule has 0 radical (unpaired) electrons. The highest BCUT2D eigenvalue weighted by Gasteiger charge is 2.11. The van der Waals surface area contributed by atoms with Crippen LogP contribution in [0.5, 0.6) is 0 Å². The molecule has 0 aliphatic rings. The Bertz CT molecular complexity index is 1040. The molecule has 0 saturated carbocycles. The number of nitrogens with one attached hydrogen (secondary N) is 2. The first kappa shape index (κ1) is 18.6. The number of carbonyl (C=O) groups excluding carboxylic acids is 2. The molecule has 1 heterocycles. The lowest BCUT2D eigenvalue weighted by atomic mass is 10.1. The molecule has 27 heavy (non-hydrogen) atoms. The van der Waals surface area contributed by atoms with Crippen molar-refractivity contribution in [2.24, 2.45) is 5.73 Å². The summed E-state index contributed by atoms with van der Waals surface area (Å²) >= 11 is 0. The van der Waals surface area contributed by atoms with Crippen LogP contribution >= 0.6 is 0 Å². The molecule has 0 saturated heterocycles. The standard InChI is InChI=1S/C20H21N3O4/c21-9-8-18(24)22-10-3-11-23-20(26)13-6-7-17-15(12-13)19(25)14-4-1-2-5-16(14)27-17/h1-2,4-7,12H,3,8-11,21H2,(H,22,24)(H,23,26). The van der Waals surface area contributed by atoms with Gasteiger partial charge in [-0.25, -0.2) is 0 Å². The van der Waals surface area contributed by atoms with E-state index in [1.54, 1.807) is 42.5 Å². The fourth-order valence-corrected chi connectivity index (χ4v) is 2.78. The zero-order valence-corrected chi connectivity index (χ0v) is 14.8. The molecule has 1 aromatic heterocycles. The quantitative estimate of drug-likeness (QED) is 0.433. The Morgan fingerprint density at radius 3 is 2.52 bits per heavy atom. The van der Waals surface area contributed by atoms with E-state index in [1.165, 1.54) is 0 Å². The van der Waals surface area contributed by atoms with E-state index in [4.69, 9.17) is 10.2 Å². The third-order valence-corrected chi connectivity index (χ3v) is 4.17. The summed E-state index contributed by atoms with van der Waals surface area (Å²) in [6, 6.07) is 11.8. The van der Waals surface area contributed by atoms with E-state index >= 15 is 0 Å². The minimum absolute atomic E-state index is 0.0997. The van der Waals surface area contributed by atoms with E-state index in [1.807, 2.05) is 0 Å². The van der Waals surface area contributed by atoms with Crippen LogP contribution in [0.1, 0.15) is 23.2 Å². The number of carbonyl (C=O) groups is 2. The number of rotatable bonds is 7. The highest BCUT2D eigenvalue weighted by Crippen LogP contribution is 2.19. The van der Waals surface area contributed by atoms with Crippen LogP contribution in [0.2, 0.25) is 0 Å². The molecule has 0 atom stereocenters. The van der Waals surface area contributed by atoms with Crippen molar-refractivity contribution in [1.82, 2.24) is 10.6 Å². The number of hydrogen-bond acceptors (Lipinski definition) is 5. The van der Waals surface area contributed by atoms with E-state index in [-0.39, 0.29) is 17.2 Å². The van der Waals surface area contributed by atoms with Crippen LogP contribution in [0.3, 0.4) is 0 Å². The zero-order chi connectivity index (χ0) is 19.2. The molecule has 7 heteroatoms. The summed E-state index contributed by atoms with van der Waals surface area (Å²) in [6.07, 6.45) is 0.892. The van der Waals surface area contributed by atoms with E-state index in [0.717, 1.165) is 0 Å². The van der Waals surface area contributed by atoms with Crippen molar-refractivity contribution >= 4 is 33.8 Å². The Morgan fingerprint density at radius 2 is 1.70 bits per heavy atom. The molecule has 3 aromatic rings. The summed E-state index contributed by atoms with van der Waals surface area (Å²) in [6.45, 7) is 1.19. The second-order valence-corrected chi connectivity index (χ2v) is 6.14. The Kier molecular flexibility index (Phi) is 5.83. The summed E-state index contributed by atoms with van der Waals surface area (Å²) in [7, 11) is 0. The predicted octanol–water partition coefficient (Wildman–Crippen LogP) is 1.53. The van der Waals surface area contributed by atoms with E-state index in [0.29, 0.717) is 60.0 Å². The number of para-hydroxylation sites is 1. The molecule has 0 aliphatic heterocycles. The number of fused-ring (bicyclic) bond motifs is 2. The van der Waals surface area contributed by atoms with Gasteiger partial charge in [0.25, 0.3) is 5.91 Å². The lowest BCUT2D eigenvalue weighted by molar-refractivity contribution is -0.120. The smallest absolute Gasteiger partial charge is 0.251 e. The predicted molar refractivity (Wildman–Crippen MR) is 104 cm³/mol. The summed E-state index contributed by atoms with van der Waals surface area (Å²) in [5.74, 6) is -0.380. The summed E-state index contributed by atoms with van der Waals surface area (Å²) in [5.41, 5.74) is 6.48. The largest absolute Gasteiger partial charge is 0.456 e. The molecule has 7 nitrogen and oxygen atoms in total. The van der Waals surface area contributed by atoms with Gasteiger partial charge in [0.1, 0.15) is 11.2 Å². The van der Waals surface area contributed by atoms with E-state index in [9.17, 15) is 14.4 Å². The molecule has 140 valence electrons. The van der Waals surface area contributed by atoms with E-state index < -0.39 is 0 Å². The van der Waals surface area contributed by atoms with Gasteiger partial charge in [-0.05, 0) is 36.8 Å². The maximum Gasteiger partial charge on any atom is 0.251 e. The van der Waals surface area contributed by atoms with Crippen LogP contribution in [0.25, 0.3) is 21.9 Å². The number of benzene rings is 2. The van der Waals surface area contributed by atoms with Gasteiger partial charge in [-0.3, -0.25) is 14.4 Å². The van der Waals surface area contributed by atoms with Crippen molar-refractivity contribution in [3.05, 3.63) is 58.3 Å². The van der Waals surface area contributed by atoms with Crippen LogP contribution in [-0.4, -0.2) is 31.4 Å². The molecule has 2 aromatic carbocycles. The van der Waals surface area contributed by atoms with Gasteiger partial charge in [0.05, 0.1) is 10.8 Å². The molecular weight excluding hydrogens is 346 g/mol. The third kappa shape index (κ3) is 4.32. The van der Waals surface area contributed by atoms with Crippen molar-refractivity contribution in [1.29, 1.82) is 0 Å². The first-order valence-electron chi connectivity index (χ1n) is 8.80. The Hall–Kier alpha value is -3.19. The maximum absolute atomic E-state index is 12.6. The Labute approximate surface area is 155 Å². The van der Waals surface area contributed by atoms with Crippen molar-refractivity contribution < 1.29 is 14.0 Å². The van der Waals surface area contributed by atoms with Gasteiger partial charge in [-0.2, -0.15) is 0 Å². The van der Waals surface area contributed by atoms with Crippen LogP contribution in [0, 0.1) is 0 Å². The van der Waals surface area contributed by atoms with Crippen LogP contribution in [-0.2, 0) is 4.79 Å². The van der Waals surface area contributed by atoms with Crippen molar-refractivity contribution in [3.63, 3.8) is 0 Å². The average molecular weight is 367 g/mol. The monoisotopic (exact) mass is 367 g/mol. The van der Waals surface area contributed by atoms with Gasteiger partial charge in [0.2, 0.25) is 11.3 Å². The van der Waals surface area contributed by atoms with Crippen molar-refractivity contribution in [2.45, 2.75) is 12.8 Å². The van der Waals surface area contributed by atoms with Gasteiger partial charge in [-0.15, -0.1) is 0 Å². The molecule has 4 N–H and O–H groups in total. The van der Waals surface area contributed by atoms with Gasteiger partial charge in [-0.1, -0.05) is 12.1 Å². The lowest BCUT2D eigenvalue weighted by Crippen LogP contribution is -2.30. The zero-order valence-electron chi connectivity index (χ0n) is 14.8. The second kappa shape index (κ2) is 8.46. The fraction of sp³-hybridized carbons (Fsp3) is 0.250. The highest BCUT2D eigenvalue weighted by molar-refractivity contribution is 5.99. The number of hydrogen-bond donors (Lipinski definition) is 3. The van der Waals surface area contributed by atoms with Crippen molar-refractivity contribution in [2.75, 3.05) is 19.6 Å². The minimum Gasteiger partial charge on any atom is -0.456 e. The topological polar surface area (TPSA) is 114 Å². The van der Waals surface area contributed by atoms with E-state index in [2.05, 4.69) is 10.6 Å². The van der Waals surface area contributed by atoms with Gasteiger partial charge >= 0.3 is 0 Å². The molecule has 0 unspecified atom stereocenters. The molecule has 3 rings (SSSR count). The van der Waals surface area contributed by atoms with Crippen molar-refractivity contribution in [3.8, 4) is 0 Å². The average Bonchev–Trinajstić information content (AvgIpc) is 2.68. The first-order chi connectivity index (χ1) is 13.1. The van der Waals surface area contributed by atoms with Crippen LogP contribution < -0.4 is 21.8 Å².